The average Bonchev–Trinajstić information content (AvgIpc) is 3.43. The molecule has 10 heteroatoms. The second-order valence-corrected chi connectivity index (χ2v) is 13.1. The van der Waals surface area contributed by atoms with E-state index in [4.69, 9.17) is 11.6 Å². The summed E-state index contributed by atoms with van der Waals surface area (Å²) in [5, 5.41) is 3.61. The number of nitrogens with one attached hydrogen (secondary N) is 1. The number of nitrogens with zero attached hydrogens (tertiary/aromatic N) is 4. The van der Waals surface area contributed by atoms with Crippen molar-refractivity contribution < 1.29 is 18.4 Å². The third kappa shape index (κ3) is 6.88. The standard InChI is InChI=1S/C33H38ClF2N5O2/c1-20(39-31(42)22-15-37-19-38-16-22)27-13-23(34)5-7-25(27)21-9-11-40(12-10-21)32(43)29-18-41(33(2,3)4)17-28(29)26-8-6-24(35)14-30(26)36/h5-8,13-16,19-21,28-29H,9-12,17-18H2,1-4H3,(H,39,42)/t20-,28-,29?/m0/s1. The van der Waals surface area contributed by atoms with Crippen LogP contribution in [0.25, 0.3) is 0 Å². The van der Waals surface area contributed by atoms with Crippen molar-refractivity contribution in [2.45, 2.75) is 64.0 Å². The molecule has 2 saturated heterocycles. The minimum Gasteiger partial charge on any atom is -0.345 e. The van der Waals surface area contributed by atoms with Crippen molar-refractivity contribution in [2.24, 2.45) is 5.92 Å². The number of carbonyl (C=O) groups is 2. The van der Waals surface area contributed by atoms with Gasteiger partial charge in [-0.15, -0.1) is 0 Å². The molecule has 228 valence electrons. The number of piperidine rings is 1. The molecule has 7 nitrogen and oxygen atoms in total. The molecular formula is C33H38ClF2N5O2. The third-order valence-electron chi connectivity index (χ3n) is 8.88. The predicted molar refractivity (Wildman–Crippen MR) is 162 cm³/mol. The Labute approximate surface area is 256 Å². The van der Waals surface area contributed by atoms with Gasteiger partial charge in [-0.25, -0.2) is 18.7 Å². The molecule has 0 radical (unpaired) electrons. The van der Waals surface area contributed by atoms with Crippen LogP contribution < -0.4 is 5.32 Å². The molecule has 1 aromatic heterocycles. The molecule has 3 aromatic rings. The van der Waals surface area contributed by atoms with Crippen LogP contribution in [0.5, 0.6) is 0 Å². The fourth-order valence-corrected chi connectivity index (χ4v) is 6.61. The van der Waals surface area contributed by atoms with Crippen molar-refractivity contribution in [2.75, 3.05) is 26.2 Å². The molecule has 0 aliphatic carbocycles. The van der Waals surface area contributed by atoms with Gasteiger partial charge in [-0.05, 0) is 81.3 Å². The first-order valence-electron chi connectivity index (χ1n) is 14.8. The minimum absolute atomic E-state index is 0.0148. The highest BCUT2D eigenvalue weighted by Gasteiger charge is 2.44. The van der Waals surface area contributed by atoms with E-state index in [0.29, 0.717) is 42.3 Å². The first-order valence-corrected chi connectivity index (χ1v) is 15.1. The van der Waals surface area contributed by atoms with Gasteiger partial charge >= 0.3 is 0 Å². The van der Waals surface area contributed by atoms with Gasteiger partial charge in [0.15, 0.2) is 0 Å². The Morgan fingerprint density at radius 3 is 2.33 bits per heavy atom. The van der Waals surface area contributed by atoms with E-state index in [1.165, 1.54) is 30.9 Å². The lowest BCUT2D eigenvalue weighted by Crippen LogP contribution is -2.44. The van der Waals surface area contributed by atoms with E-state index in [-0.39, 0.29) is 35.2 Å². The fraction of sp³-hybridized carbons (Fsp3) is 0.455. The van der Waals surface area contributed by atoms with Crippen LogP contribution >= 0.6 is 11.6 Å². The first kappa shape index (κ1) is 31.0. The Kier molecular flexibility index (Phi) is 9.13. The zero-order valence-electron chi connectivity index (χ0n) is 25.0. The lowest BCUT2D eigenvalue weighted by molar-refractivity contribution is -0.136. The summed E-state index contributed by atoms with van der Waals surface area (Å²) >= 11 is 6.38. The molecule has 1 unspecified atom stereocenters. The van der Waals surface area contributed by atoms with E-state index in [1.807, 2.05) is 30.0 Å². The minimum atomic E-state index is -0.624. The molecule has 0 saturated carbocycles. The van der Waals surface area contributed by atoms with Gasteiger partial charge in [0.2, 0.25) is 5.91 Å². The second-order valence-electron chi connectivity index (χ2n) is 12.6. The van der Waals surface area contributed by atoms with Crippen molar-refractivity contribution in [3.63, 3.8) is 0 Å². The van der Waals surface area contributed by atoms with Crippen LogP contribution in [-0.2, 0) is 4.79 Å². The van der Waals surface area contributed by atoms with Crippen molar-refractivity contribution in [1.82, 2.24) is 25.1 Å². The molecular weight excluding hydrogens is 572 g/mol. The maximum absolute atomic E-state index is 14.9. The molecule has 2 aliphatic rings. The van der Waals surface area contributed by atoms with Crippen LogP contribution in [0.1, 0.15) is 85.5 Å². The van der Waals surface area contributed by atoms with E-state index in [2.05, 4.69) is 41.0 Å². The van der Waals surface area contributed by atoms with Crippen LogP contribution in [0.4, 0.5) is 8.78 Å². The van der Waals surface area contributed by atoms with E-state index in [0.717, 1.165) is 30.0 Å². The number of rotatable bonds is 6. The van der Waals surface area contributed by atoms with Crippen LogP contribution in [0, 0.1) is 17.6 Å². The van der Waals surface area contributed by atoms with E-state index in [9.17, 15) is 18.4 Å². The summed E-state index contributed by atoms with van der Waals surface area (Å²) in [4.78, 5) is 38.7. The summed E-state index contributed by atoms with van der Waals surface area (Å²) in [7, 11) is 0. The average molecular weight is 610 g/mol. The molecule has 43 heavy (non-hydrogen) atoms. The topological polar surface area (TPSA) is 78.4 Å². The lowest BCUT2D eigenvalue weighted by Gasteiger charge is -2.36. The van der Waals surface area contributed by atoms with Gasteiger partial charge in [0.25, 0.3) is 5.91 Å². The van der Waals surface area contributed by atoms with Crippen LogP contribution in [0.2, 0.25) is 5.02 Å². The van der Waals surface area contributed by atoms with Crippen LogP contribution in [0.3, 0.4) is 0 Å². The van der Waals surface area contributed by atoms with Gasteiger partial charge in [0.1, 0.15) is 18.0 Å². The number of amides is 2. The monoisotopic (exact) mass is 609 g/mol. The number of hydrogen-bond acceptors (Lipinski definition) is 5. The smallest absolute Gasteiger partial charge is 0.254 e. The Hall–Kier alpha value is -3.43. The molecule has 1 N–H and O–H groups in total. The maximum atomic E-state index is 14.9. The number of carbonyl (C=O) groups excluding carboxylic acids is 2. The van der Waals surface area contributed by atoms with Gasteiger partial charge in [-0.1, -0.05) is 23.7 Å². The Morgan fingerprint density at radius 1 is 1.00 bits per heavy atom. The summed E-state index contributed by atoms with van der Waals surface area (Å²) in [5.74, 6) is -2.08. The molecule has 0 bridgehead atoms. The maximum Gasteiger partial charge on any atom is 0.254 e. The first-order chi connectivity index (χ1) is 20.4. The highest BCUT2D eigenvalue weighted by molar-refractivity contribution is 6.30. The van der Waals surface area contributed by atoms with Crippen LogP contribution in [0.15, 0.2) is 55.1 Å². The zero-order chi connectivity index (χ0) is 30.9. The molecule has 2 amide bonds. The van der Waals surface area contributed by atoms with Crippen molar-refractivity contribution in [3.05, 3.63) is 94.0 Å². The number of hydrogen-bond donors (Lipinski definition) is 1. The van der Waals surface area contributed by atoms with Crippen molar-refractivity contribution in [3.8, 4) is 0 Å². The van der Waals surface area contributed by atoms with Gasteiger partial charge in [0, 0.05) is 61.1 Å². The number of aromatic nitrogens is 2. The summed E-state index contributed by atoms with van der Waals surface area (Å²) < 4.78 is 28.6. The third-order valence-corrected chi connectivity index (χ3v) is 9.11. The Morgan fingerprint density at radius 2 is 1.67 bits per heavy atom. The second kappa shape index (κ2) is 12.7. The van der Waals surface area contributed by atoms with Crippen molar-refractivity contribution in [1.29, 1.82) is 0 Å². The number of benzene rings is 2. The SMILES string of the molecule is C[C@H](NC(=O)c1cncnc1)c1cc(Cl)ccc1C1CCN(C(=O)C2CN(C(C)(C)C)C[C@H]2c2ccc(F)cc2F)CC1. The highest BCUT2D eigenvalue weighted by Crippen LogP contribution is 2.40. The largest absolute Gasteiger partial charge is 0.345 e. The van der Waals surface area contributed by atoms with Crippen LogP contribution in [-0.4, -0.2) is 63.3 Å². The Balaban J connectivity index is 1.30. The van der Waals surface area contributed by atoms with E-state index < -0.39 is 17.6 Å². The summed E-state index contributed by atoms with van der Waals surface area (Å²) in [6, 6.07) is 9.12. The van der Waals surface area contributed by atoms with Gasteiger partial charge in [0.05, 0.1) is 17.5 Å². The summed E-state index contributed by atoms with van der Waals surface area (Å²) in [6.07, 6.45) is 5.82. The van der Waals surface area contributed by atoms with Gasteiger partial charge < -0.3 is 10.2 Å². The molecule has 3 atom stereocenters. The molecule has 2 fully saturated rings. The molecule has 3 heterocycles. The zero-order valence-corrected chi connectivity index (χ0v) is 25.7. The number of halogens is 3. The predicted octanol–water partition coefficient (Wildman–Crippen LogP) is 6.12. The molecule has 5 rings (SSSR count). The highest BCUT2D eigenvalue weighted by atomic mass is 35.5. The van der Waals surface area contributed by atoms with E-state index in [1.54, 1.807) is 0 Å². The molecule has 0 spiro atoms. The number of likely N-dealkylation sites (tertiary alicyclic amines) is 2. The summed E-state index contributed by atoms with van der Waals surface area (Å²) in [6.45, 7) is 10.4. The van der Waals surface area contributed by atoms with E-state index >= 15 is 0 Å². The normalized spacial score (nSPS) is 20.7. The molecule has 2 aromatic carbocycles. The van der Waals surface area contributed by atoms with Gasteiger partial charge in [-0.3, -0.25) is 14.5 Å². The van der Waals surface area contributed by atoms with Crippen molar-refractivity contribution >= 4 is 23.4 Å². The summed E-state index contributed by atoms with van der Waals surface area (Å²) in [5.41, 5.74) is 2.61. The lowest BCUT2D eigenvalue weighted by atomic mass is 9.83. The molecule has 2 aliphatic heterocycles. The quantitative estimate of drug-likeness (QED) is 0.364. The fourth-order valence-electron chi connectivity index (χ4n) is 6.43. The van der Waals surface area contributed by atoms with Gasteiger partial charge in [-0.2, -0.15) is 0 Å². The Bertz CT molecular complexity index is 1470.